The van der Waals surface area contributed by atoms with Gasteiger partial charge in [0.25, 0.3) is 5.56 Å². The Hall–Kier alpha value is -2.06. The molecule has 0 bridgehead atoms. The van der Waals surface area contributed by atoms with Gasteiger partial charge in [0.2, 0.25) is 0 Å². The van der Waals surface area contributed by atoms with Gasteiger partial charge in [-0.3, -0.25) is 9.20 Å². The zero-order valence-electron chi connectivity index (χ0n) is 12.7. The fraction of sp³-hybridized carbons (Fsp3) is 0.0667. The highest BCUT2D eigenvalue weighted by molar-refractivity contribution is 6.46. The molecule has 0 spiro atoms. The number of pyridine rings is 2. The molecule has 0 amide bonds. The molecule has 3 aromatic heterocycles. The molecule has 0 aromatic carbocycles. The molecule has 26 heavy (non-hydrogen) atoms. The van der Waals surface area contributed by atoms with Gasteiger partial charge in [-0.25, -0.2) is 14.8 Å². The van der Waals surface area contributed by atoms with E-state index in [4.69, 9.17) is 56.9 Å². The van der Waals surface area contributed by atoms with Crippen LogP contribution in [0.3, 0.4) is 0 Å². The van der Waals surface area contributed by atoms with E-state index in [0.29, 0.717) is 10.7 Å². The topological polar surface area (TPSA) is 99.6 Å². The van der Waals surface area contributed by atoms with Crippen LogP contribution in [0.1, 0.15) is 16.2 Å². The van der Waals surface area contributed by atoms with E-state index in [1.807, 2.05) is 0 Å². The van der Waals surface area contributed by atoms with E-state index in [-0.39, 0.29) is 44.4 Å². The maximum absolute atomic E-state index is 12.2. The number of esters is 1. The van der Waals surface area contributed by atoms with Gasteiger partial charge in [0, 0.05) is 12.3 Å². The summed E-state index contributed by atoms with van der Waals surface area (Å²) in [6, 6.07) is 4.36. The predicted octanol–water partition coefficient (Wildman–Crippen LogP) is 3.64. The van der Waals surface area contributed by atoms with Crippen LogP contribution in [0.5, 0.6) is 0 Å². The Morgan fingerprint density at radius 2 is 1.88 bits per heavy atom. The lowest BCUT2D eigenvalue weighted by Crippen LogP contribution is -2.17. The number of carbonyl (C=O) groups excluding carboxylic acids is 1. The smallest absolute Gasteiger partial charge is 0.359 e. The molecular weight excluding hydrogens is 426 g/mol. The second-order valence-electron chi connectivity index (χ2n) is 5.03. The van der Waals surface area contributed by atoms with Crippen LogP contribution in [0.25, 0.3) is 5.65 Å². The normalized spacial score (nSPS) is 10.9. The number of halogens is 4. The number of fused-ring (bicyclic) bond motifs is 1. The number of hydrogen-bond donors (Lipinski definition) is 1. The van der Waals surface area contributed by atoms with E-state index >= 15 is 0 Å². The Balaban J connectivity index is 1.86. The van der Waals surface area contributed by atoms with Gasteiger partial charge in [-0.05, 0) is 12.1 Å². The van der Waals surface area contributed by atoms with Crippen molar-refractivity contribution in [2.45, 2.75) is 6.61 Å². The minimum absolute atomic E-state index is 0.0592. The van der Waals surface area contributed by atoms with Gasteiger partial charge in [-0.2, -0.15) is 0 Å². The van der Waals surface area contributed by atoms with E-state index in [0.717, 1.165) is 0 Å². The molecule has 0 aliphatic rings. The van der Waals surface area contributed by atoms with Gasteiger partial charge in [0.15, 0.2) is 10.8 Å². The third kappa shape index (κ3) is 3.57. The Labute approximate surface area is 166 Å². The van der Waals surface area contributed by atoms with Crippen molar-refractivity contribution in [3.63, 3.8) is 0 Å². The fourth-order valence-electron chi connectivity index (χ4n) is 2.07. The number of nitrogens with zero attached hydrogens (tertiary/aromatic N) is 3. The maximum atomic E-state index is 12.2. The number of ether oxygens (including phenoxy) is 1. The maximum Gasteiger partial charge on any atom is 0.359 e. The van der Waals surface area contributed by atoms with Crippen molar-refractivity contribution in [3.05, 3.63) is 66.4 Å². The molecule has 11 heteroatoms. The van der Waals surface area contributed by atoms with Gasteiger partial charge in [0.1, 0.15) is 17.3 Å². The van der Waals surface area contributed by atoms with E-state index in [1.165, 1.54) is 16.7 Å². The minimum atomic E-state index is -0.890. The Morgan fingerprint density at radius 1 is 1.15 bits per heavy atom. The molecular formula is C15H8Cl4N4O3. The first-order chi connectivity index (χ1) is 12.3. The number of carbonyl (C=O) groups is 1. The molecule has 7 nitrogen and oxygen atoms in total. The highest BCUT2D eigenvalue weighted by Gasteiger charge is 2.21. The molecule has 0 saturated heterocycles. The summed E-state index contributed by atoms with van der Waals surface area (Å²) in [5.41, 5.74) is 5.49. The highest BCUT2D eigenvalue weighted by Crippen LogP contribution is 2.34. The predicted molar refractivity (Wildman–Crippen MR) is 99.3 cm³/mol. The lowest BCUT2D eigenvalue weighted by atomic mass is 10.3. The molecule has 134 valence electrons. The summed E-state index contributed by atoms with van der Waals surface area (Å²) in [5, 5.41) is -0.0281. The number of nitrogens with two attached hydrogens (primary N) is 1. The monoisotopic (exact) mass is 432 g/mol. The van der Waals surface area contributed by atoms with E-state index in [2.05, 4.69) is 9.97 Å². The number of aromatic nitrogens is 3. The van der Waals surface area contributed by atoms with Crippen LogP contribution >= 0.6 is 46.4 Å². The third-order valence-electron chi connectivity index (χ3n) is 3.29. The molecule has 0 atom stereocenters. The zero-order chi connectivity index (χ0) is 19.0. The molecule has 0 fully saturated rings. The van der Waals surface area contributed by atoms with E-state index in [1.54, 1.807) is 12.1 Å². The minimum Gasteiger partial charge on any atom is -0.454 e. The summed E-state index contributed by atoms with van der Waals surface area (Å²) >= 11 is 23.4. The van der Waals surface area contributed by atoms with Crippen LogP contribution in [0.15, 0.2) is 29.2 Å². The molecule has 3 heterocycles. The number of nitrogen functional groups attached to an aromatic ring is 1. The molecule has 0 saturated carbocycles. The average Bonchev–Trinajstić information content (AvgIpc) is 2.61. The highest BCUT2D eigenvalue weighted by atomic mass is 35.5. The Morgan fingerprint density at radius 3 is 2.62 bits per heavy atom. The largest absolute Gasteiger partial charge is 0.454 e. The van der Waals surface area contributed by atoms with Crippen molar-refractivity contribution in [2.75, 3.05) is 5.73 Å². The van der Waals surface area contributed by atoms with Crippen molar-refractivity contribution in [3.8, 4) is 0 Å². The molecule has 0 aliphatic heterocycles. The lowest BCUT2D eigenvalue weighted by molar-refractivity contribution is 0.0461. The summed E-state index contributed by atoms with van der Waals surface area (Å²) < 4.78 is 6.36. The summed E-state index contributed by atoms with van der Waals surface area (Å²) in [5.74, 6) is -0.890. The van der Waals surface area contributed by atoms with Gasteiger partial charge in [0.05, 0.1) is 21.4 Å². The molecule has 3 aromatic rings. The van der Waals surface area contributed by atoms with Crippen molar-refractivity contribution in [1.29, 1.82) is 0 Å². The molecule has 3 rings (SSSR count). The molecule has 0 aliphatic carbocycles. The first-order valence-corrected chi connectivity index (χ1v) is 8.44. The van der Waals surface area contributed by atoms with Crippen molar-refractivity contribution >= 4 is 63.7 Å². The van der Waals surface area contributed by atoms with Crippen molar-refractivity contribution in [2.24, 2.45) is 0 Å². The third-order valence-corrected chi connectivity index (χ3v) is 4.65. The van der Waals surface area contributed by atoms with Crippen LogP contribution in [0, 0.1) is 0 Å². The quantitative estimate of drug-likeness (QED) is 0.499. The SMILES string of the molecule is Nc1c(Cl)c(Cl)nc(C(=O)OCc2cc(=O)n3cc(Cl)ccc3n2)c1Cl. The summed E-state index contributed by atoms with van der Waals surface area (Å²) in [6.07, 6.45) is 1.43. The molecule has 2 N–H and O–H groups in total. The summed E-state index contributed by atoms with van der Waals surface area (Å²) in [6.45, 7) is -0.286. The first-order valence-electron chi connectivity index (χ1n) is 6.93. The van der Waals surface area contributed by atoms with Crippen LogP contribution in [-0.2, 0) is 11.3 Å². The van der Waals surface area contributed by atoms with Gasteiger partial charge < -0.3 is 10.5 Å². The van der Waals surface area contributed by atoms with Crippen LogP contribution in [0.4, 0.5) is 5.69 Å². The van der Waals surface area contributed by atoms with Gasteiger partial charge >= 0.3 is 5.97 Å². The number of hydrogen-bond acceptors (Lipinski definition) is 6. The second-order valence-corrected chi connectivity index (χ2v) is 6.58. The van der Waals surface area contributed by atoms with Gasteiger partial charge in [-0.15, -0.1) is 0 Å². The lowest BCUT2D eigenvalue weighted by Gasteiger charge is -2.09. The summed E-state index contributed by atoms with van der Waals surface area (Å²) in [7, 11) is 0. The first kappa shape index (κ1) is 18.7. The Kier molecular flexibility index (Phi) is 5.24. The fourth-order valence-corrected chi connectivity index (χ4v) is 2.82. The average molecular weight is 434 g/mol. The summed E-state index contributed by atoms with van der Waals surface area (Å²) in [4.78, 5) is 32.3. The molecule has 0 radical (unpaired) electrons. The second kappa shape index (κ2) is 7.28. The van der Waals surface area contributed by atoms with Crippen LogP contribution in [0.2, 0.25) is 20.2 Å². The van der Waals surface area contributed by atoms with E-state index < -0.39 is 5.97 Å². The standard InChI is InChI=1S/C15H8Cl4N4O3/c16-6-1-2-8-21-7(3-9(24)23(8)4-6)5-26-15(25)13-10(17)12(20)11(18)14(19)22-13/h1-4H,5H2,(H2,20,22). The molecule has 0 unspecified atom stereocenters. The van der Waals surface area contributed by atoms with E-state index in [9.17, 15) is 9.59 Å². The zero-order valence-corrected chi connectivity index (χ0v) is 15.7. The van der Waals surface area contributed by atoms with Gasteiger partial charge in [-0.1, -0.05) is 46.4 Å². The van der Waals surface area contributed by atoms with Crippen LogP contribution < -0.4 is 11.3 Å². The van der Waals surface area contributed by atoms with Crippen molar-refractivity contribution in [1.82, 2.24) is 14.4 Å². The van der Waals surface area contributed by atoms with Crippen LogP contribution in [-0.4, -0.2) is 20.3 Å². The number of rotatable bonds is 3. The number of anilines is 1. The Bertz CT molecular complexity index is 1100. The van der Waals surface area contributed by atoms with Crippen molar-refractivity contribution < 1.29 is 9.53 Å².